The number of aromatic nitrogens is 6. The lowest BCUT2D eigenvalue weighted by Crippen LogP contribution is -2.22. The molecular formula is C20H15N7O6S2. The number of rotatable bonds is 7. The zero-order valence-corrected chi connectivity index (χ0v) is 19.1. The van der Waals surface area contributed by atoms with E-state index in [2.05, 4.69) is 29.9 Å². The van der Waals surface area contributed by atoms with Crippen LogP contribution in [0.25, 0.3) is 11.8 Å². The lowest BCUT2D eigenvalue weighted by Gasteiger charge is -2.24. The van der Waals surface area contributed by atoms with Crippen LogP contribution in [0.15, 0.2) is 83.6 Å². The van der Waals surface area contributed by atoms with Gasteiger partial charge in [0.15, 0.2) is 0 Å². The van der Waals surface area contributed by atoms with E-state index >= 15 is 0 Å². The van der Waals surface area contributed by atoms with Crippen LogP contribution in [0.5, 0.6) is 0 Å². The molecule has 0 atom stereocenters. The fourth-order valence-electron chi connectivity index (χ4n) is 3.15. The highest BCUT2D eigenvalue weighted by atomic mass is 32.2. The third-order valence-corrected chi connectivity index (χ3v) is 6.37. The summed E-state index contributed by atoms with van der Waals surface area (Å²) in [5, 5.41) is 0. The van der Waals surface area contributed by atoms with Crippen molar-refractivity contribution in [2.75, 3.05) is 4.90 Å². The van der Waals surface area contributed by atoms with E-state index in [-0.39, 0.29) is 28.7 Å². The van der Waals surface area contributed by atoms with E-state index in [1.54, 1.807) is 0 Å². The molecule has 0 bridgehead atoms. The van der Waals surface area contributed by atoms with Crippen molar-refractivity contribution in [1.82, 2.24) is 29.9 Å². The van der Waals surface area contributed by atoms with Crippen LogP contribution < -0.4 is 4.90 Å². The van der Waals surface area contributed by atoms with E-state index in [0.717, 1.165) is 6.07 Å². The Labute approximate surface area is 199 Å². The Morgan fingerprint density at radius 2 is 1.14 bits per heavy atom. The number of benzene rings is 2. The second-order valence-electron chi connectivity index (χ2n) is 6.73. The van der Waals surface area contributed by atoms with Gasteiger partial charge < -0.3 is 0 Å². The van der Waals surface area contributed by atoms with E-state index in [0.29, 0.717) is 0 Å². The number of anilines is 2. The van der Waals surface area contributed by atoms with Crippen molar-refractivity contribution in [2.45, 2.75) is 9.79 Å². The molecule has 4 aromatic rings. The van der Waals surface area contributed by atoms with Crippen LogP contribution in [-0.4, -0.2) is 55.8 Å². The molecule has 0 aliphatic carbocycles. The zero-order valence-electron chi connectivity index (χ0n) is 17.5. The molecule has 2 aromatic heterocycles. The minimum absolute atomic E-state index is 0.0109. The van der Waals surface area contributed by atoms with Crippen molar-refractivity contribution in [3.05, 3.63) is 85.0 Å². The molecule has 35 heavy (non-hydrogen) atoms. The molecule has 178 valence electrons. The van der Waals surface area contributed by atoms with E-state index in [1.165, 1.54) is 78.7 Å². The molecule has 2 heterocycles. The van der Waals surface area contributed by atoms with Crippen molar-refractivity contribution in [1.29, 1.82) is 0 Å². The van der Waals surface area contributed by atoms with Crippen LogP contribution in [-0.2, 0) is 20.2 Å². The van der Waals surface area contributed by atoms with Gasteiger partial charge in [0.05, 0.1) is 5.70 Å². The van der Waals surface area contributed by atoms with Gasteiger partial charge >= 0.3 is 0 Å². The Morgan fingerprint density at radius 1 is 0.686 bits per heavy atom. The van der Waals surface area contributed by atoms with Gasteiger partial charge in [-0.1, -0.05) is 36.4 Å². The SMILES string of the molecule is O=S(=O)(O)c1ccccc1C=C(c1ccccc1S(=O)(=O)O)N(c1ncncn1)c1ncncn1. The van der Waals surface area contributed by atoms with E-state index < -0.39 is 30.0 Å². The summed E-state index contributed by atoms with van der Waals surface area (Å²) in [5.74, 6) is -0.126. The van der Waals surface area contributed by atoms with Crippen LogP contribution in [0.4, 0.5) is 11.9 Å². The summed E-state index contributed by atoms with van der Waals surface area (Å²) >= 11 is 0. The summed E-state index contributed by atoms with van der Waals surface area (Å²) in [7, 11) is -9.42. The van der Waals surface area contributed by atoms with E-state index in [4.69, 9.17) is 0 Å². The first kappa shape index (κ1) is 24.0. The molecule has 0 radical (unpaired) electrons. The highest BCUT2D eigenvalue weighted by Crippen LogP contribution is 2.35. The van der Waals surface area contributed by atoms with Crippen LogP contribution >= 0.6 is 0 Å². The molecule has 2 N–H and O–H groups in total. The summed E-state index contributed by atoms with van der Waals surface area (Å²) in [6.07, 6.45) is 5.97. The van der Waals surface area contributed by atoms with Gasteiger partial charge in [0.25, 0.3) is 20.2 Å². The fraction of sp³-hybridized carbons (Fsp3) is 0. The quantitative estimate of drug-likeness (QED) is 0.269. The largest absolute Gasteiger partial charge is 0.295 e. The Kier molecular flexibility index (Phi) is 6.57. The second kappa shape index (κ2) is 9.59. The summed E-state index contributed by atoms with van der Waals surface area (Å²) < 4.78 is 68.1. The van der Waals surface area contributed by atoms with Crippen molar-refractivity contribution in [3.63, 3.8) is 0 Å². The third kappa shape index (κ3) is 5.33. The maximum Gasteiger partial charge on any atom is 0.295 e. The average molecular weight is 514 g/mol. The molecule has 0 saturated heterocycles. The standard InChI is InChI=1S/C20H15N7O6S2/c28-34(29,30)17-7-3-1-5-14(17)9-16(15-6-2-4-8-18(15)35(31,32)33)27(19-23-10-21-11-24-19)20-25-12-22-13-26-20/h1-13H,(H,28,29,30)(H,31,32,33). The maximum atomic E-state index is 12.2. The van der Waals surface area contributed by atoms with Gasteiger partial charge in [-0.15, -0.1) is 0 Å². The number of hydrogen-bond acceptors (Lipinski definition) is 11. The molecule has 2 aromatic carbocycles. The van der Waals surface area contributed by atoms with Crippen molar-refractivity contribution < 1.29 is 25.9 Å². The highest BCUT2D eigenvalue weighted by molar-refractivity contribution is 7.86. The molecule has 0 fully saturated rings. The van der Waals surface area contributed by atoms with E-state index in [9.17, 15) is 25.9 Å². The van der Waals surface area contributed by atoms with Crippen LogP contribution in [0.3, 0.4) is 0 Å². The number of nitrogens with zero attached hydrogens (tertiary/aromatic N) is 7. The Hall–Kier alpha value is -4.18. The summed E-state index contributed by atoms with van der Waals surface area (Å²) in [6.45, 7) is 0. The fourth-order valence-corrected chi connectivity index (χ4v) is 4.53. The normalized spacial score (nSPS) is 12.3. The van der Waals surface area contributed by atoms with Gasteiger partial charge in [-0.2, -0.15) is 16.8 Å². The third-order valence-electron chi connectivity index (χ3n) is 4.53. The Bertz CT molecular complexity index is 1560. The van der Waals surface area contributed by atoms with Gasteiger partial charge in [-0.25, -0.2) is 34.8 Å². The molecule has 0 aliphatic heterocycles. The first-order valence-corrected chi connectivity index (χ1v) is 12.4. The Morgan fingerprint density at radius 3 is 1.66 bits per heavy atom. The highest BCUT2D eigenvalue weighted by Gasteiger charge is 2.27. The number of hydrogen-bond donors (Lipinski definition) is 2. The topological polar surface area (TPSA) is 189 Å². The predicted molar refractivity (Wildman–Crippen MR) is 122 cm³/mol. The first-order chi connectivity index (χ1) is 16.7. The lowest BCUT2D eigenvalue weighted by molar-refractivity contribution is 0.480. The molecule has 0 saturated carbocycles. The lowest BCUT2D eigenvalue weighted by atomic mass is 10.1. The molecule has 0 unspecified atom stereocenters. The van der Waals surface area contributed by atoms with Crippen LogP contribution in [0.2, 0.25) is 0 Å². The minimum Gasteiger partial charge on any atom is -0.282 e. The minimum atomic E-state index is -4.75. The van der Waals surface area contributed by atoms with Gasteiger partial charge in [0.1, 0.15) is 35.1 Å². The molecule has 0 aliphatic rings. The average Bonchev–Trinajstić information content (AvgIpc) is 2.84. The molecule has 4 rings (SSSR count). The smallest absolute Gasteiger partial charge is 0.282 e. The van der Waals surface area contributed by atoms with Crippen molar-refractivity contribution >= 4 is 43.9 Å². The molecule has 13 nitrogen and oxygen atoms in total. The second-order valence-corrected chi connectivity index (χ2v) is 9.51. The molecule has 0 spiro atoms. The predicted octanol–water partition coefficient (Wildman–Crippen LogP) is 1.89. The maximum absolute atomic E-state index is 12.2. The molecule has 15 heteroatoms. The monoisotopic (exact) mass is 513 g/mol. The summed E-state index contributed by atoms with van der Waals surface area (Å²) in [4.78, 5) is 24.2. The van der Waals surface area contributed by atoms with Crippen LogP contribution in [0, 0.1) is 0 Å². The first-order valence-electron chi connectivity index (χ1n) is 9.55. The van der Waals surface area contributed by atoms with Crippen molar-refractivity contribution in [2.24, 2.45) is 0 Å². The van der Waals surface area contributed by atoms with Crippen LogP contribution in [0.1, 0.15) is 11.1 Å². The van der Waals surface area contributed by atoms with Gasteiger partial charge in [0, 0.05) is 5.56 Å². The summed E-state index contributed by atoms with van der Waals surface area (Å²) in [5.41, 5.74) is -0.129. The Balaban J connectivity index is 2.12. The van der Waals surface area contributed by atoms with Crippen molar-refractivity contribution in [3.8, 4) is 0 Å². The zero-order chi connectivity index (χ0) is 25.1. The molecule has 0 amide bonds. The molecular weight excluding hydrogens is 498 g/mol. The van der Waals surface area contributed by atoms with Gasteiger partial charge in [0.2, 0.25) is 11.9 Å². The summed E-state index contributed by atoms with van der Waals surface area (Å²) in [6, 6.07) is 10.9. The van der Waals surface area contributed by atoms with E-state index in [1.807, 2.05) is 0 Å². The van der Waals surface area contributed by atoms with Gasteiger partial charge in [-0.3, -0.25) is 9.11 Å². The van der Waals surface area contributed by atoms with Gasteiger partial charge in [-0.05, 0) is 23.8 Å².